The molecular weight excluding hydrogens is 208 g/mol. The lowest BCUT2D eigenvalue weighted by atomic mass is 9.89. The van der Waals surface area contributed by atoms with Crippen LogP contribution in [0.1, 0.15) is 53.4 Å². The molecule has 0 aromatic heterocycles. The normalized spacial score (nSPS) is 26.1. The van der Waals surface area contributed by atoms with Crippen molar-refractivity contribution in [2.45, 2.75) is 65.5 Å². The van der Waals surface area contributed by atoms with Gasteiger partial charge in [-0.05, 0) is 52.1 Å². The molecule has 1 saturated heterocycles. The first kappa shape index (κ1) is 15.0. The smallest absolute Gasteiger partial charge is 0.00818 e. The second-order valence-corrected chi connectivity index (χ2v) is 5.99. The third-order valence-corrected chi connectivity index (χ3v) is 4.65. The quantitative estimate of drug-likeness (QED) is 0.767. The minimum atomic E-state index is 0.659. The van der Waals surface area contributed by atoms with E-state index in [0.29, 0.717) is 12.1 Å². The Morgan fingerprint density at radius 2 is 1.88 bits per heavy atom. The first-order valence-corrected chi connectivity index (χ1v) is 7.53. The zero-order chi connectivity index (χ0) is 12.8. The van der Waals surface area contributed by atoms with Crippen molar-refractivity contribution in [3.8, 4) is 0 Å². The summed E-state index contributed by atoms with van der Waals surface area (Å²) < 4.78 is 0. The van der Waals surface area contributed by atoms with Crippen molar-refractivity contribution in [3.05, 3.63) is 0 Å². The minimum Gasteiger partial charge on any atom is -0.311 e. The van der Waals surface area contributed by atoms with E-state index in [1.165, 1.54) is 38.8 Å². The number of nitrogens with one attached hydrogen (secondary N) is 1. The molecule has 0 radical (unpaired) electrons. The van der Waals surface area contributed by atoms with Gasteiger partial charge in [0.2, 0.25) is 0 Å². The molecule has 0 aromatic rings. The largest absolute Gasteiger partial charge is 0.311 e. The lowest BCUT2D eigenvalue weighted by Gasteiger charge is -2.36. The topological polar surface area (TPSA) is 15.3 Å². The van der Waals surface area contributed by atoms with Crippen molar-refractivity contribution in [2.24, 2.45) is 11.8 Å². The predicted molar refractivity (Wildman–Crippen MR) is 76.4 cm³/mol. The third kappa shape index (κ3) is 4.59. The van der Waals surface area contributed by atoms with E-state index in [4.69, 9.17) is 0 Å². The van der Waals surface area contributed by atoms with Crippen LogP contribution in [0.2, 0.25) is 0 Å². The molecule has 0 spiro atoms. The van der Waals surface area contributed by atoms with Crippen molar-refractivity contribution in [2.75, 3.05) is 20.1 Å². The highest BCUT2D eigenvalue weighted by Crippen LogP contribution is 2.20. The number of hydrogen-bond acceptors (Lipinski definition) is 2. The molecule has 0 amide bonds. The molecule has 1 N–H and O–H groups in total. The van der Waals surface area contributed by atoms with E-state index in [1.54, 1.807) is 0 Å². The first-order chi connectivity index (χ1) is 8.08. The molecule has 1 fully saturated rings. The maximum atomic E-state index is 3.85. The molecule has 1 heterocycles. The summed E-state index contributed by atoms with van der Waals surface area (Å²) in [6, 6.07) is 1.32. The molecule has 17 heavy (non-hydrogen) atoms. The van der Waals surface area contributed by atoms with E-state index in [9.17, 15) is 0 Å². The standard InChI is InChI=1S/C15H32N2/c1-6-14(7-2)12(3)16-13(4)15-9-8-10-17(5)11-15/h12-16H,6-11H2,1-5H3. The fourth-order valence-corrected chi connectivity index (χ4v) is 3.30. The molecule has 3 unspecified atom stereocenters. The van der Waals surface area contributed by atoms with Crippen LogP contribution in [0.25, 0.3) is 0 Å². The van der Waals surface area contributed by atoms with E-state index >= 15 is 0 Å². The molecule has 0 aromatic carbocycles. The molecule has 0 aliphatic carbocycles. The van der Waals surface area contributed by atoms with Crippen molar-refractivity contribution in [3.63, 3.8) is 0 Å². The molecular formula is C15H32N2. The summed E-state index contributed by atoms with van der Waals surface area (Å²) in [5.41, 5.74) is 0. The Kier molecular flexibility index (Phi) is 6.50. The molecule has 1 aliphatic heterocycles. The van der Waals surface area contributed by atoms with Crippen molar-refractivity contribution >= 4 is 0 Å². The van der Waals surface area contributed by atoms with Crippen LogP contribution in [-0.2, 0) is 0 Å². The van der Waals surface area contributed by atoms with Gasteiger partial charge in [-0.2, -0.15) is 0 Å². The number of likely N-dealkylation sites (tertiary alicyclic amines) is 1. The van der Waals surface area contributed by atoms with Gasteiger partial charge in [-0.25, -0.2) is 0 Å². The average Bonchev–Trinajstić information content (AvgIpc) is 2.30. The summed E-state index contributed by atoms with van der Waals surface area (Å²) in [6.45, 7) is 11.9. The summed E-state index contributed by atoms with van der Waals surface area (Å²) in [5.74, 6) is 1.67. The maximum Gasteiger partial charge on any atom is 0.00818 e. The molecule has 2 nitrogen and oxygen atoms in total. The predicted octanol–water partition coefficient (Wildman–Crippen LogP) is 3.13. The highest BCUT2D eigenvalue weighted by atomic mass is 15.1. The third-order valence-electron chi connectivity index (χ3n) is 4.65. The zero-order valence-corrected chi connectivity index (χ0v) is 12.5. The number of rotatable bonds is 6. The van der Waals surface area contributed by atoms with Gasteiger partial charge in [0.05, 0.1) is 0 Å². The second-order valence-electron chi connectivity index (χ2n) is 5.99. The average molecular weight is 240 g/mol. The summed E-state index contributed by atoms with van der Waals surface area (Å²) in [4.78, 5) is 2.48. The van der Waals surface area contributed by atoms with E-state index in [2.05, 4.69) is 45.0 Å². The Morgan fingerprint density at radius 1 is 1.24 bits per heavy atom. The van der Waals surface area contributed by atoms with Gasteiger partial charge in [-0.3, -0.25) is 0 Å². The SMILES string of the molecule is CCC(CC)C(C)NC(C)C1CCCN(C)C1. The van der Waals surface area contributed by atoms with Gasteiger partial charge in [-0.15, -0.1) is 0 Å². The Bertz CT molecular complexity index is 201. The van der Waals surface area contributed by atoms with Gasteiger partial charge in [0, 0.05) is 18.6 Å². The van der Waals surface area contributed by atoms with Gasteiger partial charge in [-0.1, -0.05) is 26.7 Å². The molecule has 1 rings (SSSR count). The highest BCUT2D eigenvalue weighted by Gasteiger charge is 2.25. The van der Waals surface area contributed by atoms with Crippen LogP contribution in [0.5, 0.6) is 0 Å². The Balaban J connectivity index is 2.39. The summed E-state index contributed by atoms with van der Waals surface area (Å²) >= 11 is 0. The monoisotopic (exact) mass is 240 g/mol. The molecule has 0 bridgehead atoms. The second kappa shape index (κ2) is 7.38. The minimum absolute atomic E-state index is 0.659. The lowest BCUT2D eigenvalue weighted by molar-refractivity contribution is 0.166. The number of piperidine rings is 1. The number of nitrogens with zero attached hydrogens (tertiary/aromatic N) is 1. The van der Waals surface area contributed by atoms with Crippen LogP contribution in [0.15, 0.2) is 0 Å². The van der Waals surface area contributed by atoms with E-state index in [0.717, 1.165) is 11.8 Å². The molecule has 3 atom stereocenters. The van der Waals surface area contributed by atoms with Crippen molar-refractivity contribution in [1.29, 1.82) is 0 Å². The summed E-state index contributed by atoms with van der Waals surface area (Å²) in [7, 11) is 2.25. The maximum absolute atomic E-state index is 3.85. The van der Waals surface area contributed by atoms with Gasteiger partial charge in [0.15, 0.2) is 0 Å². The van der Waals surface area contributed by atoms with Gasteiger partial charge >= 0.3 is 0 Å². The van der Waals surface area contributed by atoms with Crippen molar-refractivity contribution < 1.29 is 0 Å². The van der Waals surface area contributed by atoms with Gasteiger partial charge in [0.25, 0.3) is 0 Å². The summed E-state index contributed by atoms with van der Waals surface area (Å²) in [6.07, 6.45) is 5.35. The zero-order valence-electron chi connectivity index (χ0n) is 12.5. The fourth-order valence-electron chi connectivity index (χ4n) is 3.30. The molecule has 0 saturated carbocycles. The van der Waals surface area contributed by atoms with Crippen molar-refractivity contribution in [1.82, 2.24) is 10.2 Å². The Labute approximate surface area is 108 Å². The lowest BCUT2D eigenvalue weighted by Crippen LogP contribution is -2.47. The van der Waals surface area contributed by atoms with Crippen LogP contribution in [0.3, 0.4) is 0 Å². The van der Waals surface area contributed by atoms with Crippen LogP contribution in [0, 0.1) is 11.8 Å². The van der Waals surface area contributed by atoms with Crippen LogP contribution >= 0.6 is 0 Å². The molecule has 2 heteroatoms. The van der Waals surface area contributed by atoms with Gasteiger partial charge in [0.1, 0.15) is 0 Å². The first-order valence-electron chi connectivity index (χ1n) is 7.53. The Morgan fingerprint density at radius 3 is 2.41 bits per heavy atom. The van der Waals surface area contributed by atoms with E-state index < -0.39 is 0 Å². The number of hydrogen-bond donors (Lipinski definition) is 1. The Hall–Kier alpha value is -0.0800. The fraction of sp³-hybridized carbons (Fsp3) is 1.00. The highest BCUT2D eigenvalue weighted by molar-refractivity contribution is 4.82. The molecule has 1 aliphatic rings. The van der Waals surface area contributed by atoms with E-state index in [-0.39, 0.29) is 0 Å². The molecule has 102 valence electrons. The van der Waals surface area contributed by atoms with Crippen LogP contribution in [-0.4, -0.2) is 37.1 Å². The summed E-state index contributed by atoms with van der Waals surface area (Å²) in [5, 5.41) is 3.85. The van der Waals surface area contributed by atoms with E-state index in [1.807, 2.05) is 0 Å². The van der Waals surface area contributed by atoms with Gasteiger partial charge < -0.3 is 10.2 Å². The van der Waals surface area contributed by atoms with Crippen LogP contribution < -0.4 is 5.32 Å². The van der Waals surface area contributed by atoms with Crippen LogP contribution in [0.4, 0.5) is 0 Å².